The van der Waals surface area contributed by atoms with Gasteiger partial charge in [0, 0.05) is 22.8 Å². The van der Waals surface area contributed by atoms with Gasteiger partial charge in [0.15, 0.2) is 15.6 Å². The van der Waals surface area contributed by atoms with Crippen LogP contribution in [0.4, 0.5) is 0 Å². The number of benzene rings is 2. The van der Waals surface area contributed by atoms with Crippen molar-refractivity contribution in [1.29, 1.82) is 0 Å². The zero-order chi connectivity index (χ0) is 22.5. The van der Waals surface area contributed by atoms with Gasteiger partial charge in [0.25, 0.3) is 0 Å². The summed E-state index contributed by atoms with van der Waals surface area (Å²) in [5, 5.41) is 10.1. The largest absolute Gasteiger partial charge is 0.481 e. The summed E-state index contributed by atoms with van der Waals surface area (Å²) in [6, 6.07) is 10.6. The third kappa shape index (κ3) is 4.06. The Labute approximate surface area is 186 Å². The quantitative estimate of drug-likeness (QED) is 0.620. The van der Waals surface area contributed by atoms with E-state index in [0.717, 1.165) is 34.1 Å². The van der Waals surface area contributed by atoms with E-state index >= 15 is 0 Å². The third-order valence-corrected chi connectivity index (χ3v) is 7.66. The van der Waals surface area contributed by atoms with Gasteiger partial charge in [0.1, 0.15) is 0 Å². The molecule has 1 N–H and O–H groups in total. The van der Waals surface area contributed by atoms with Gasteiger partial charge < -0.3 is 5.11 Å². The molecule has 0 radical (unpaired) electrons. The highest BCUT2D eigenvalue weighted by Crippen LogP contribution is 2.55. The first-order valence-corrected chi connectivity index (χ1v) is 12.4. The van der Waals surface area contributed by atoms with E-state index in [-0.39, 0.29) is 28.9 Å². The average Bonchev–Trinajstić information content (AvgIpc) is 3.21. The maximum Gasteiger partial charge on any atom is 0.303 e. The molecular weight excluding hydrogens is 436 g/mol. The SMILES string of the molecule is CC(=O)c1cc(S(C)(=O)=O)cc2c1C(Cc1ccc(Cl)cc1)C1=C2CC[C@@H]1CC(=O)O. The fourth-order valence-electron chi connectivity index (χ4n) is 5.05. The Bertz CT molecular complexity index is 1230. The van der Waals surface area contributed by atoms with Crippen molar-refractivity contribution < 1.29 is 23.1 Å². The number of fused-ring (bicyclic) bond motifs is 2. The van der Waals surface area contributed by atoms with Gasteiger partial charge in [-0.25, -0.2) is 8.42 Å². The second kappa shape index (κ2) is 7.92. The van der Waals surface area contributed by atoms with Crippen LogP contribution in [0, 0.1) is 5.92 Å². The first-order chi connectivity index (χ1) is 14.6. The summed E-state index contributed by atoms with van der Waals surface area (Å²) in [6.07, 6.45) is 3.15. The van der Waals surface area contributed by atoms with Gasteiger partial charge in [0.2, 0.25) is 0 Å². The molecule has 1 unspecified atom stereocenters. The molecule has 31 heavy (non-hydrogen) atoms. The minimum absolute atomic E-state index is 0.0261. The number of hydrogen-bond donors (Lipinski definition) is 1. The highest BCUT2D eigenvalue weighted by molar-refractivity contribution is 7.90. The zero-order valence-electron chi connectivity index (χ0n) is 17.3. The van der Waals surface area contributed by atoms with E-state index in [4.69, 9.17) is 11.6 Å². The Kier molecular flexibility index (Phi) is 5.56. The molecule has 2 aliphatic carbocycles. The fraction of sp³-hybridized carbons (Fsp3) is 0.333. The molecular formula is C24H23ClO5S. The van der Waals surface area contributed by atoms with Crippen LogP contribution < -0.4 is 0 Å². The fourth-order valence-corrected chi connectivity index (χ4v) is 5.84. The first-order valence-electron chi connectivity index (χ1n) is 10.1. The smallest absolute Gasteiger partial charge is 0.303 e. The predicted octanol–water partition coefficient (Wildman–Crippen LogP) is 4.92. The molecule has 0 aliphatic heterocycles. The van der Waals surface area contributed by atoms with Gasteiger partial charge >= 0.3 is 5.97 Å². The van der Waals surface area contributed by atoms with Crippen molar-refractivity contribution in [1.82, 2.24) is 0 Å². The second-order valence-electron chi connectivity index (χ2n) is 8.41. The molecule has 0 heterocycles. The number of carbonyl (C=O) groups is 2. The van der Waals surface area contributed by atoms with Crippen LogP contribution in [0.15, 0.2) is 46.9 Å². The van der Waals surface area contributed by atoms with Gasteiger partial charge in [-0.15, -0.1) is 0 Å². The van der Waals surface area contributed by atoms with Crippen LogP contribution >= 0.6 is 11.6 Å². The van der Waals surface area contributed by atoms with Crippen LogP contribution in [0.2, 0.25) is 5.02 Å². The summed E-state index contributed by atoms with van der Waals surface area (Å²) in [7, 11) is -3.51. The summed E-state index contributed by atoms with van der Waals surface area (Å²) >= 11 is 6.03. The lowest BCUT2D eigenvalue weighted by atomic mass is 9.80. The highest BCUT2D eigenvalue weighted by atomic mass is 35.5. The van der Waals surface area contributed by atoms with Gasteiger partial charge in [-0.05, 0) is 78.6 Å². The Morgan fingerprint density at radius 3 is 2.42 bits per heavy atom. The lowest BCUT2D eigenvalue weighted by Gasteiger charge is -2.24. The predicted molar refractivity (Wildman–Crippen MR) is 119 cm³/mol. The Morgan fingerprint density at radius 2 is 1.84 bits per heavy atom. The third-order valence-electron chi connectivity index (χ3n) is 6.32. The molecule has 5 nitrogen and oxygen atoms in total. The molecule has 2 aromatic carbocycles. The van der Waals surface area contributed by atoms with E-state index in [0.29, 0.717) is 29.8 Å². The molecule has 2 atom stereocenters. The molecule has 7 heteroatoms. The standard InChI is InChI=1S/C24H23ClO5S/c1-13(26)19-11-17(31(2,29)30)12-20-18-8-5-15(10-22(27)28)23(18)21(24(19)20)9-14-3-6-16(25)7-4-14/h3-4,6-7,11-12,15,21H,5,8-10H2,1-2H3,(H,27,28)/t15-,21?/m1/s1. The van der Waals surface area contributed by atoms with Crippen molar-refractivity contribution in [2.45, 2.75) is 43.4 Å². The normalized spacial score (nSPS) is 20.0. The maximum atomic E-state index is 12.6. The Balaban J connectivity index is 1.92. The van der Waals surface area contributed by atoms with Crippen LogP contribution in [0.3, 0.4) is 0 Å². The summed E-state index contributed by atoms with van der Waals surface area (Å²) < 4.78 is 24.6. The summed E-state index contributed by atoms with van der Waals surface area (Å²) in [4.78, 5) is 24.2. The monoisotopic (exact) mass is 458 g/mol. The second-order valence-corrected chi connectivity index (χ2v) is 10.9. The molecule has 0 spiro atoms. The van der Waals surface area contributed by atoms with Crippen LogP contribution in [0.1, 0.15) is 59.2 Å². The van der Waals surface area contributed by atoms with E-state index in [1.165, 1.54) is 13.0 Å². The number of Topliss-reactive ketones (excluding diaryl/α,β-unsaturated/α-hetero) is 1. The van der Waals surface area contributed by atoms with E-state index in [2.05, 4.69) is 0 Å². The molecule has 0 amide bonds. The number of halogens is 1. The topological polar surface area (TPSA) is 88.5 Å². The summed E-state index contributed by atoms with van der Waals surface area (Å²) in [6.45, 7) is 1.44. The van der Waals surface area contributed by atoms with Crippen LogP contribution in [-0.4, -0.2) is 31.5 Å². The van der Waals surface area contributed by atoms with E-state index in [1.807, 2.05) is 24.3 Å². The molecule has 2 aliphatic rings. The molecule has 0 fully saturated rings. The summed E-state index contributed by atoms with van der Waals surface area (Å²) in [5.74, 6) is -1.34. The number of carbonyl (C=O) groups excluding carboxylic acids is 1. The van der Waals surface area contributed by atoms with Crippen molar-refractivity contribution in [2.24, 2.45) is 5.92 Å². The number of allylic oxidation sites excluding steroid dienone is 2. The zero-order valence-corrected chi connectivity index (χ0v) is 18.9. The average molecular weight is 459 g/mol. The highest BCUT2D eigenvalue weighted by Gasteiger charge is 2.42. The minimum Gasteiger partial charge on any atom is -0.481 e. The molecule has 0 bridgehead atoms. The maximum absolute atomic E-state index is 12.6. The number of ketones is 1. The molecule has 0 saturated carbocycles. The van der Waals surface area contributed by atoms with Crippen molar-refractivity contribution in [3.8, 4) is 0 Å². The van der Waals surface area contributed by atoms with Crippen molar-refractivity contribution in [3.05, 3.63) is 69.2 Å². The van der Waals surface area contributed by atoms with Crippen molar-refractivity contribution >= 4 is 38.8 Å². The number of hydrogen-bond acceptors (Lipinski definition) is 4. The lowest BCUT2D eigenvalue weighted by Crippen LogP contribution is -2.16. The van der Waals surface area contributed by atoms with Crippen LogP contribution in [0.5, 0.6) is 0 Å². The van der Waals surface area contributed by atoms with E-state index < -0.39 is 15.8 Å². The molecule has 2 aromatic rings. The van der Waals surface area contributed by atoms with Gasteiger partial charge in [-0.2, -0.15) is 0 Å². The number of sulfone groups is 1. The van der Waals surface area contributed by atoms with Gasteiger partial charge in [0.05, 0.1) is 11.3 Å². The van der Waals surface area contributed by atoms with Gasteiger partial charge in [-0.1, -0.05) is 29.3 Å². The molecule has 162 valence electrons. The summed E-state index contributed by atoms with van der Waals surface area (Å²) in [5.41, 5.74) is 5.09. The minimum atomic E-state index is -3.51. The number of rotatable bonds is 6. The van der Waals surface area contributed by atoms with Crippen LogP contribution in [-0.2, 0) is 21.1 Å². The molecule has 4 rings (SSSR count). The van der Waals surface area contributed by atoms with Crippen molar-refractivity contribution in [2.75, 3.05) is 6.26 Å². The lowest BCUT2D eigenvalue weighted by molar-refractivity contribution is -0.137. The first kappa shape index (κ1) is 21.8. The van der Waals surface area contributed by atoms with E-state index in [9.17, 15) is 23.1 Å². The Morgan fingerprint density at radius 1 is 1.16 bits per heavy atom. The molecule has 0 saturated heterocycles. The Hall–Kier alpha value is -2.44. The number of carboxylic acid groups (broad SMARTS) is 1. The molecule has 0 aromatic heterocycles. The number of carboxylic acids is 1. The van der Waals surface area contributed by atoms with Crippen LogP contribution in [0.25, 0.3) is 5.57 Å². The van der Waals surface area contributed by atoms with Gasteiger partial charge in [-0.3, -0.25) is 9.59 Å². The number of aliphatic carboxylic acids is 1. The van der Waals surface area contributed by atoms with Crippen molar-refractivity contribution in [3.63, 3.8) is 0 Å². The van der Waals surface area contributed by atoms with E-state index in [1.54, 1.807) is 6.07 Å².